The monoisotopic (exact) mass is 326 g/mol. The topological polar surface area (TPSA) is 101 Å². The lowest BCUT2D eigenvalue weighted by molar-refractivity contribution is 0.0547. The molecule has 0 aliphatic carbocycles. The van der Waals surface area contributed by atoms with Crippen molar-refractivity contribution in [2.75, 3.05) is 26.2 Å². The lowest BCUT2D eigenvalue weighted by Crippen LogP contribution is -2.55. The summed E-state index contributed by atoms with van der Waals surface area (Å²) in [5.74, 6) is 0.480. The molecule has 0 saturated carbocycles. The van der Waals surface area contributed by atoms with E-state index in [1.165, 1.54) is 11.0 Å². The fourth-order valence-electron chi connectivity index (χ4n) is 3.59. The quantitative estimate of drug-likeness (QED) is 0.902. The van der Waals surface area contributed by atoms with Gasteiger partial charge in [-0.15, -0.1) is 0 Å². The average molecular weight is 326 g/mol. The average Bonchev–Trinajstić information content (AvgIpc) is 2.82. The van der Waals surface area contributed by atoms with Gasteiger partial charge in [0.25, 0.3) is 0 Å². The van der Waals surface area contributed by atoms with E-state index in [2.05, 4.69) is 4.90 Å². The largest absolute Gasteiger partial charge is 0.491 e. The number of fused-ring (bicyclic) bond motifs is 2. The molecule has 2 atom stereocenters. The summed E-state index contributed by atoms with van der Waals surface area (Å²) in [4.78, 5) is 14.9. The number of likely N-dealkylation sites (tertiary alicyclic amines) is 1. The van der Waals surface area contributed by atoms with Gasteiger partial charge in [0, 0.05) is 31.7 Å². The normalized spacial score (nSPS) is 22.7. The van der Waals surface area contributed by atoms with Gasteiger partial charge in [-0.3, -0.25) is 4.90 Å². The fraction of sp³-hybridized carbons (Fsp3) is 0.471. The minimum Gasteiger partial charge on any atom is -0.491 e. The Labute approximate surface area is 140 Å². The maximum Gasteiger partial charge on any atom is 0.407 e. The van der Waals surface area contributed by atoms with Crippen LogP contribution in [0.5, 0.6) is 5.75 Å². The number of hydrogen-bond acceptors (Lipinski definition) is 5. The predicted molar refractivity (Wildman–Crippen MR) is 84.5 cm³/mol. The molecular formula is C17H18N4O3. The zero-order chi connectivity index (χ0) is 17.1. The van der Waals surface area contributed by atoms with Crippen LogP contribution in [0.4, 0.5) is 4.79 Å². The van der Waals surface area contributed by atoms with Crippen LogP contribution in [0.2, 0.25) is 0 Å². The molecule has 0 spiro atoms. The number of piperazine rings is 1. The Balaban J connectivity index is 1.57. The molecule has 3 rings (SSSR count). The van der Waals surface area contributed by atoms with Gasteiger partial charge in [-0.2, -0.15) is 10.5 Å². The van der Waals surface area contributed by atoms with Crippen LogP contribution in [0.15, 0.2) is 18.2 Å². The van der Waals surface area contributed by atoms with Gasteiger partial charge in [0.1, 0.15) is 18.4 Å². The third-order valence-electron chi connectivity index (χ3n) is 4.74. The van der Waals surface area contributed by atoms with Crippen LogP contribution >= 0.6 is 0 Å². The third kappa shape index (κ3) is 3.12. The van der Waals surface area contributed by atoms with Crippen molar-refractivity contribution in [3.05, 3.63) is 29.3 Å². The van der Waals surface area contributed by atoms with Gasteiger partial charge in [0.05, 0.1) is 17.2 Å². The molecule has 7 heteroatoms. The Kier molecular flexibility index (Phi) is 4.54. The zero-order valence-electron chi connectivity index (χ0n) is 13.2. The Morgan fingerprint density at radius 1 is 1.25 bits per heavy atom. The zero-order valence-corrected chi connectivity index (χ0v) is 13.2. The Morgan fingerprint density at radius 2 is 1.96 bits per heavy atom. The molecule has 2 saturated heterocycles. The molecule has 24 heavy (non-hydrogen) atoms. The van der Waals surface area contributed by atoms with Gasteiger partial charge in [-0.1, -0.05) is 0 Å². The van der Waals surface area contributed by atoms with E-state index < -0.39 is 6.09 Å². The molecule has 2 aliphatic rings. The second-order valence-electron chi connectivity index (χ2n) is 6.09. The van der Waals surface area contributed by atoms with E-state index in [0.717, 1.165) is 12.8 Å². The van der Waals surface area contributed by atoms with Crippen molar-refractivity contribution in [2.24, 2.45) is 0 Å². The first-order valence-corrected chi connectivity index (χ1v) is 7.93. The molecule has 1 amide bonds. The molecule has 124 valence electrons. The SMILES string of the molecule is N#Cc1ccc(OCCN2C3CCC2CN(C(=O)O)C3)c(C#N)c1. The van der Waals surface area contributed by atoms with Crippen LogP contribution in [0.3, 0.4) is 0 Å². The van der Waals surface area contributed by atoms with E-state index in [4.69, 9.17) is 20.4 Å². The first-order valence-electron chi connectivity index (χ1n) is 7.93. The summed E-state index contributed by atoms with van der Waals surface area (Å²) in [6, 6.07) is 9.34. The molecule has 2 unspecified atom stereocenters. The van der Waals surface area contributed by atoms with Crippen LogP contribution in [0.25, 0.3) is 0 Å². The second kappa shape index (κ2) is 6.77. The number of benzene rings is 1. The number of ether oxygens (including phenoxy) is 1. The number of rotatable bonds is 4. The van der Waals surface area contributed by atoms with Crippen molar-refractivity contribution < 1.29 is 14.6 Å². The number of carbonyl (C=O) groups is 1. The summed E-state index contributed by atoms with van der Waals surface area (Å²) < 4.78 is 5.73. The van der Waals surface area contributed by atoms with E-state index in [1.54, 1.807) is 12.1 Å². The van der Waals surface area contributed by atoms with Crippen molar-refractivity contribution in [1.29, 1.82) is 10.5 Å². The molecule has 0 radical (unpaired) electrons. The number of nitriles is 2. The van der Waals surface area contributed by atoms with E-state index in [1.807, 2.05) is 12.1 Å². The van der Waals surface area contributed by atoms with Crippen LogP contribution in [0, 0.1) is 22.7 Å². The van der Waals surface area contributed by atoms with Crippen molar-refractivity contribution in [1.82, 2.24) is 9.80 Å². The first-order chi connectivity index (χ1) is 11.6. The van der Waals surface area contributed by atoms with Gasteiger partial charge < -0.3 is 14.7 Å². The van der Waals surface area contributed by atoms with Crippen molar-refractivity contribution in [2.45, 2.75) is 24.9 Å². The predicted octanol–water partition coefficient (Wildman–Crippen LogP) is 1.64. The Bertz CT molecular complexity index is 708. The number of carboxylic acid groups (broad SMARTS) is 1. The highest BCUT2D eigenvalue weighted by Gasteiger charge is 2.41. The minimum atomic E-state index is -0.848. The highest BCUT2D eigenvalue weighted by molar-refractivity contribution is 5.65. The molecule has 1 aromatic carbocycles. The first kappa shape index (κ1) is 16.1. The highest BCUT2D eigenvalue weighted by Crippen LogP contribution is 2.30. The summed E-state index contributed by atoms with van der Waals surface area (Å²) in [6.07, 6.45) is 1.17. The molecule has 0 aromatic heterocycles. The summed E-state index contributed by atoms with van der Waals surface area (Å²) in [6.45, 7) is 2.23. The molecule has 2 heterocycles. The van der Waals surface area contributed by atoms with Crippen molar-refractivity contribution >= 4 is 6.09 Å². The fourth-order valence-corrected chi connectivity index (χ4v) is 3.59. The van der Waals surface area contributed by atoms with Crippen LogP contribution in [-0.4, -0.2) is 59.3 Å². The van der Waals surface area contributed by atoms with Gasteiger partial charge in [-0.25, -0.2) is 4.79 Å². The lowest BCUT2D eigenvalue weighted by Gasteiger charge is -2.39. The molecule has 1 N–H and O–H groups in total. The van der Waals surface area contributed by atoms with E-state index >= 15 is 0 Å². The molecule has 2 bridgehead atoms. The van der Waals surface area contributed by atoms with Gasteiger partial charge >= 0.3 is 6.09 Å². The summed E-state index contributed by atoms with van der Waals surface area (Å²) in [5.41, 5.74) is 0.787. The van der Waals surface area contributed by atoms with E-state index in [-0.39, 0.29) is 12.1 Å². The standard InChI is InChI=1S/C17H18N4O3/c18-8-12-1-4-16(13(7-12)9-19)24-6-5-21-14-2-3-15(21)11-20(10-14)17(22)23/h1,4,7,14-15H,2-3,5-6,10-11H2,(H,22,23). The smallest absolute Gasteiger partial charge is 0.407 e. The summed E-state index contributed by atoms with van der Waals surface area (Å²) in [5, 5.41) is 27.2. The second-order valence-corrected chi connectivity index (χ2v) is 6.09. The van der Waals surface area contributed by atoms with Gasteiger partial charge in [-0.05, 0) is 31.0 Å². The number of hydrogen-bond donors (Lipinski definition) is 1. The lowest BCUT2D eigenvalue weighted by atomic mass is 10.1. The molecule has 2 aliphatic heterocycles. The van der Waals surface area contributed by atoms with E-state index in [0.29, 0.717) is 43.1 Å². The van der Waals surface area contributed by atoms with Gasteiger partial charge in [0.15, 0.2) is 0 Å². The van der Waals surface area contributed by atoms with Crippen LogP contribution < -0.4 is 4.74 Å². The molecule has 1 aromatic rings. The number of amides is 1. The Hall–Kier alpha value is -2.77. The van der Waals surface area contributed by atoms with Crippen molar-refractivity contribution in [3.63, 3.8) is 0 Å². The number of nitrogens with zero attached hydrogens (tertiary/aromatic N) is 4. The summed E-state index contributed by atoms with van der Waals surface area (Å²) in [7, 11) is 0. The van der Waals surface area contributed by atoms with E-state index in [9.17, 15) is 4.79 Å². The highest BCUT2D eigenvalue weighted by atomic mass is 16.5. The van der Waals surface area contributed by atoms with Crippen LogP contribution in [0.1, 0.15) is 24.0 Å². The molecule has 2 fully saturated rings. The molecule has 7 nitrogen and oxygen atoms in total. The van der Waals surface area contributed by atoms with Crippen molar-refractivity contribution in [3.8, 4) is 17.9 Å². The maximum atomic E-state index is 11.1. The van der Waals surface area contributed by atoms with Crippen LogP contribution in [-0.2, 0) is 0 Å². The minimum absolute atomic E-state index is 0.250. The third-order valence-corrected chi connectivity index (χ3v) is 4.74. The summed E-state index contributed by atoms with van der Waals surface area (Å²) >= 11 is 0. The Morgan fingerprint density at radius 3 is 2.54 bits per heavy atom. The maximum absolute atomic E-state index is 11.1. The van der Waals surface area contributed by atoms with Gasteiger partial charge in [0.2, 0.25) is 0 Å². The molecular weight excluding hydrogens is 308 g/mol.